The van der Waals surface area contributed by atoms with Crippen molar-refractivity contribution in [3.63, 3.8) is 0 Å². The lowest BCUT2D eigenvalue weighted by Crippen LogP contribution is -2.29. The van der Waals surface area contributed by atoms with E-state index in [9.17, 15) is 22.8 Å². The molecule has 0 spiro atoms. The van der Waals surface area contributed by atoms with Gasteiger partial charge in [0.1, 0.15) is 5.82 Å². The molecule has 45 heavy (non-hydrogen) atoms. The fourth-order valence-corrected chi connectivity index (χ4v) is 6.56. The van der Waals surface area contributed by atoms with Crippen LogP contribution in [0.4, 0.5) is 13.2 Å². The largest absolute Gasteiger partial charge is 0.416 e. The third-order valence-corrected chi connectivity index (χ3v) is 8.77. The van der Waals surface area contributed by atoms with Crippen LogP contribution in [0.1, 0.15) is 72.6 Å². The Morgan fingerprint density at radius 3 is 2.51 bits per heavy atom. The number of hydrogen-bond donors (Lipinski definition) is 2. The molecule has 0 aliphatic heterocycles. The van der Waals surface area contributed by atoms with Crippen molar-refractivity contribution >= 4 is 33.6 Å². The number of amides is 2. The predicted molar refractivity (Wildman–Crippen MR) is 167 cm³/mol. The number of imidazole rings is 1. The Hall–Kier alpha value is -4.73. The van der Waals surface area contributed by atoms with Gasteiger partial charge in [0, 0.05) is 42.4 Å². The van der Waals surface area contributed by atoms with Crippen LogP contribution in [0.3, 0.4) is 0 Å². The molecule has 2 amide bonds. The number of para-hydroxylation sites is 1. The van der Waals surface area contributed by atoms with Crippen molar-refractivity contribution in [1.82, 2.24) is 25.2 Å². The number of nitrogens with one attached hydrogen (secondary N) is 2. The summed E-state index contributed by atoms with van der Waals surface area (Å²) in [6.45, 7) is 1.96. The Morgan fingerprint density at radius 2 is 1.78 bits per heavy atom. The minimum atomic E-state index is -4.44. The fourth-order valence-electron chi connectivity index (χ4n) is 6.56. The molecule has 0 unspecified atom stereocenters. The van der Waals surface area contributed by atoms with E-state index in [1.807, 2.05) is 37.3 Å². The molecule has 1 fully saturated rings. The van der Waals surface area contributed by atoms with Crippen LogP contribution in [0.2, 0.25) is 0 Å². The molecule has 5 aromatic rings. The van der Waals surface area contributed by atoms with Gasteiger partial charge >= 0.3 is 6.18 Å². The minimum Gasteiger partial charge on any atom is -0.359 e. The van der Waals surface area contributed by atoms with Crippen molar-refractivity contribution in [3.8, 4) is 11.4 Å². The number of rotatable bonds is 8. The SMILES string of the molecule is CCC[C@H](NC(=O)c1cccc2nc(-c3cncc4ccccc34)n([C@H]3CC[C@H](C(=O)NC)C3)c12)c1ccc(C(F)(F)F)cc1. The molecule has 7 nitrogen and oxygen atoms in total. The smallest absolute Gasteiger partial charge is 0.359 e. The summed E-state index contributed by atoms with van der Waals surface area (Å²) in [5.74, 6) is 0.159. The first kappa shape index (κ1) is 30.3. The minimum absolute atomic E-state index is 0.00721. The van der Waals surface area contributed by atoms with Crippen molar-refractivity contribution in [2.45, 2.75) is 57.3 Å². The van der Waals surface area contributed by atoms with Crippen LogP contribution in [-0.4, -0.2) is 33.4 Å². The van der Waals surface area contributed by atoms with Gasteiger partial charge in [-0.05, 0) is 60.9 Å². The number of benzene rings is 3. The molecule has 1 aliphatic rings. The molecular formula is C35H34F3N5O2. The van der Waals surface area contributed by atoms with Gasteiger partial charge in [-0.1, -0.05) is 55.8 Å². The zero-order valence-corrected chi connectivity index (χ0v) is 25.1. The average Bonchev–Trinajstić information content (AvgIpc) is 3.68. The Labute approximate surface area is 258 Å². The van der Waals surface area contributed by atoms with Crippen LogP contribution in [0.25, 0.3) is 33.2 Å². The Bertz CT molecular complexity index is 1860. The molecule has 6 rings (SSSR count). The lowest BCUT2D eigenvalue weighted by atomic mass is 10.00. The fraction of sp³-hybridized carbons (Fsp3) is 0.314. The van der Waals surface area contributed by atoms with E-state index in [-0.39, 0.29) is 23.8 Å². The van der Waals surface area contributed by atoms with Crippen molar-refractivity contribution in [1.29, 1.82) is 0 Å². The maximum atomic E-state index is 14.1. The second-order valence-corrected chi connectivity index (χ2v) is 11.6. The molecule has 10 heteroatoms. The molecule has 0 bridgehead atoms. The lowest BCUT2D eigenvalue weighted by Gasteiger charge is -2.22. The second kappa shape index (κ2) is 12.3. The van der Waals surface area contributed by atoms with Gasteiger partial charge in [-0.15, -0.1) is 0 Å². The highest BCUT2D eigenvalue weighted by Crippen LogP contribution is 2.42. The van der Waals surface area contributed by atoms with Gasteiger partial charge in [-0.3, -0.25) is 14.6 Å². The number of hydrogen-bond acceptors (Lipinski definition) is 4. The topological polar surface area (TPSA) is 88.9 Å². The van der Waals surface area contributed by atoms with E-state index in [4.69, 9.17) is 4.98 Å². The van der Waals surface area contributed by atoms with Crippen LogP contribution in [0.5, 0.6) is 0 Å². The van der Waals surface area contributed by atoms with E-state index in [0.29, 0.717) is 47.2 Å². The molecule has 3 aromatic carbocycles. The molecular weight excluding hydrogens is 579 g/mol. The summed E-state index contributed by atoms with van der Waals surface area (Å²) in [5.41, 5.74) is 2.40. The standard InChI is InChI=1S/C35H34F3N5O2/c1-3-7-29(21-12-15-24(16-13-21)35(36,37)38)42-34(45)27-10-6-11-30-31(27)43(25-17-14-22(18-25)33(44)39-2)32(41-30)28-20-40-19-23-8-4-5-9-26(23)28/h4-6,8-13,15-16,19-20,22,25,29H,3,7,14,17-18H2,1-2H3,(H,39,44)(H,42,45)/t22-,25-,29-/m0/s1. The number of aromatic nitrogens is 3. The number of halogens is 3. The molecule has 1 aliphatic carbocycles. The molecule has 1 saturated carbocycles. The lowest BCUT2D eigenvalue weighted by molar-refractivity contribution is -0.137. The van der Waals surface area contributed by atoms with E-state index in [1.54, 1.807) is 31.6 Å². The Kier molecular flexibility index (Phi) is 8.31. The number of alkyl halides is 3. The predicted octanol–water partition coefficient (Wildman–Crippen LogP) is 7.63. The number of carbonyl (C=O) groups excluding carboxylic acids is 2. The molecule has 0 saturated heterocycles. The first-order valence-corrected chi connectivity index (χ1v) is 15.2. The van der Waals surface area contributed by atoms with Crippen molar-refractivity contribution in [3.05, 3.63) is 95.8 Å². The van der Waals surface area contributed by atoms with E-state index in [1.165, 1.54) is 12.1 Å². The van der Waals surface area contributed by atoms with E-state index >= 15 is 0 Å². The zero-order valence-electron chi connectivity index (χ0n) is 25.1. The van der Waals surface area contributed by atoms with Crippen LogP contribution in [-0.2, 0) is 11.0 Å². The zero-order chi connectivity index (χ0) is 31.7. The third kappa shape index (κ3) is 5.89. The van der Waals surface area contributed by atoms with Gasteiger partial charge in [0.15, 0.2) is 0 Å². The van der Waals surface area contributed by atoms with Crippen molar-refractivity contribution in [2.75, 3.05) is 7.05 Å². The number of pyridine rings is 1. The summed E-state index contributed by atoms with van der Waals surface area (Å²) in [6, 6.07) is 17.7. The van der Waals surface area contributed by atoms with Crippen LogP contribution in [0, 0.1) is 5.92 Å². The van der Waals surface area contributed by atoms with E-state index in [0.717, 1.165) is 41.3 Å². The maximum Gasteiger partial charge on any atom is 0.416 e. The summed E-state index contributed by atoms with van der Waals surface area (Å²) >= 11 is 0. The normalized spacial score (nSPS) is 17.4. The first-order valence-electron chi connectivity index (χ1n) is 15.2. The van der Waals surface area contributed by atoms with E-state index in [2.05, 4.69) is 20.2 Å². The second-order valence-electron chi connectivity index (χ2n) is 11.6. The summed E-state index contributed by atoms with van der Waals surface area (Å²) in [4.78, 5) is 36.2. The molecule has 2 N–H and O–H groups in total. The monoisotopic (exact) mass is 613 g/mol. The highest BCUT2D eigenvalue weighted by molar-refractivity contribution is 6.07. The molecule has 0 radical (unpaired) electrons. The van der Waals surface area contributed by atoms with Gasteiger partial charge < -0.3 is 15.2 Å². The number of nitrogens with zero attached hydrogens (tertiary/aromatic N) is 3. The van der Waals surface area contributed by atoms with Crippen molar-refractivity contribution in [2.24, 2.45) is 5.92 Å². The molecule has 3 atom stereocenters. The summed E-state index contributed by atoms with van der Waals surface area (Å²) in [6.07, 6.45) is 2.45. The van der Waals surface area contributed by atoms with Crippen molar-refractivity contribution < 1.29 is 22.8 Å². The van der Waals surface area contributed by atoms with Gasteiger partial charge in [-0.25, -0.2) is 4.98 Å². The maximum absolute atomic E-state index is 14.1. The van der Waals surface area contributed by atoms with Gasteiger partial charge in [0.2, 0.25) is 5.91 Å². The summed E-state index contributed by atoms with van der Waals surface area (Å²) in [7, 11) is 1.64. The molecule has 232 valence electrons. The molecule has 2 heterocycles. The summed E-state index contributed by atoms with van der Waals surface area (Å²) in [5, 5.41) is 7.80. The Morgan fingerprint density at radius 1 is 1.00 bits per heavy atom. The van der Waals surface area contributed by atoms with Gasteiger partial charge in [0.05, 0.1) is 28.2 Å². The average molecular weight is 614 g/mol. The first-order chi connectivity index (χ1) is 21.7. The number of fused-ring (bicyclic) bond motifs is 2. The van der Waals surface area contributed by atoms with Crippen LogP contribution >= 0.6 is 0 Å². The quantitative estimate of drug-likeness (QED) is 0.188. The third-order valence-electron chi connectivity index (χ3n) is 8.77. The molecule has 2 aromatic heterocycles. The van der Waals surface area contributed by atoms with Gasteiger partial charge in [0.25, 0.3) is 5.91 Å². The highest BCUT2D eigenvalue weighted by Gasteiger charge is 2.34. The van der Waals surface area contributed by atoms with Crippen LogP contribution < -0.4 is 10.6 Å². The summed E-state index contributed by atoms with van der Waals surface area (Å²) < 4.78 is 41.7. The van der Waals surface area contributed by atoms with Crippen LogP contribution in [0.15, 0.2) is 79.1 Å². The van der Waals surface area contributed by atoms with E-state index < -0.39 is 17.8 Å². The number of carbonyl (C=O) groups is 2. The Balaban J connectivity index is 1.45. The van der Waals surface area contributed by atoms with Gasteiger partial charge in [-0.2, -0.15) is 13.2 Å². The highest BCUT2D eigenvalue weighted by atomic mass is 19.4.